The maximum Gasteiger partial charge on any atom is 0.146 e. The first-order valence-corrected chi connectivity index (χ1v) is 5.42. The number of nitrogens with zero attached hydrogens (tertiary/aromatic N) is 1. The van der Waals surface area contributed by atoms with Crippen LogP contribution in [0.2, 0.25) is 0 Å². The average molecular weight is 181 g/mol. The van der Waals surface area contributed by atoms with E-state index in [0.717, 1.165) is 12.3 Å². The summed E-state index contributed by atoms with van der Waals surface area (Å²) in [6, 6.07) is 0.941. The van der Waals surface area contributed by atoms with Crippen molar-refractivity contribution in [1.29, 1.82) is 0 Å². The monoisotopic (exact) mass is 181 g/mol. The second kappa shape index (κ2) is 3.41. The summed E-state index contributed by atoms with van der Waals surface area (Å²) < 4.78 is 0. The number of rotatable bonds is 1. The van der Waals surface area contributed by atoms with Gasteiger partial charge in [-0.2, -0.15) is 0 Å². The molecule has 2 rings (SSSR count). The zero-order chi connectivity index (χ0) is 9.42. The lowest BCUT2D eigenvalue weighted by atomic mass is 9.84. The molecule has 3 atom stereocenters. The van der Waals surface area contributed by atoms with E-state index in [1.165, 1.54) is 25.7 Å². The van der Waals surface area contributed by atoms with Gasteiger partial charge in [0.05, 0.1) is 6.04 Å². The van der Waals surface area contributed by atoms with Crippen LogP contribution >= 0.6 is 0 Å². The number of hydrogen-bond donors (Lipinski definition) is 0. The minimum absolute atomic E-state index is 0.230. The van der Waals surface area contributed by atoms with Gasteiger partial charge in [0.25, 0.3) is 0 Å². The highest BCUT2D eigenvalue weighted by atomic mass is 16.1. The van der Waals surface area contributed by atoms with Crippen LogP contribution in [0.3, 0.4) is 0 Å². The minimum Gasteiger partial charge on any atom is -0.298 e. The molecule has 2 aliphatic rings. The molecule has 2 unspecified atom stereocenters. The fourth-order valence-corrected chi connectivity index (χ4v) is 3.14. The molecule has 2 heteroatoms. The summed E-state index contributed by atoms with van der Waals surface area (Å²) in [6.45, 7) is 1.73. The summed E-state index contributed by atoms with van der Waals surface area (Å²) in [7, 11) is 2.13. The Balaban J connectivity index is 2.09. The van der Waals surface area contributed by atoms with Crippen molar-refractivity contribution in [2.45, 2.75) is 51.1 Å². The van der Waals surface area contributed by atoms with Crippen molar-refractivity contribution < 1.29 is 4.79 Å². The number of likely N-dealkylation sites (N-methyl/N-ethyl adjacent to an activating group) is 1. The molecular formula is C11H19NO. The van der Waals surface area contributed by atoms with Crippen molar-refractivity contribution in [2.75, 3.05) is 7.05 Å². The van der Waals surface area contributed by atoms with Crippen LogP contribution in [0.1, 0.15) is 39.0 Å². The molecule has 0 N–H and O–H groups in total. The van der Waals surface area contributed by atoms with Crippen LogP contribution in [0.4, 0.5) is 0 Å². The maximum absolute atomic E-state index is 11.4. The second-order valence-corrected chi connectivity index (χ2v) is 4.64. The Morgan fingerprint density at radius 3 is 2.62 bits per heavy atom. The Bertz CT molecular complexity index is 214. The largest absolute Gasteiger partial charge is 0.298 e. The molecule has 0 bridgehead atoms. The predicted octanol–water partition coefficient (Wildman–Crippen LogP) is 1.84. The molecule has 0 aromatic carbocycles. The fourth-order valence-electron chi connectivity index (χ4n) is 3.14. The molecule has 74 valence electrons. The van der Waals surface area contributed by atoms with Gasteiger partial charge in [0.1, 0.15) is 5.78 Å². The highest BCUT2D eigenvalue weighted by Crippen LogP contribution is 2.38. The van der Waals surface area contributed by atoms with Crippen molar-refractivity contribution in [1.82, 2.24) is 4.90 Å². The molecule has 0 spiro atoms. The van der Waals surface area contributed by atoms with Crippen LogP contribution < -0.4 is 0 Å². The molecular weight excluding hydrogens is 162 g/mol. The van der Waals surface area contributed by atoms with Gasteiger partial charge in [-0.25, -0.2) is 0 Å². The number of fused-ring (bicyclic) bond motifs is 1. The van der Waals surface area contributed by atoms with Crippen LogP contribution in [0.15, 0.2) is 0 Å². The highest BCUT2D eigenvalue weighted by Gasteiger charge is 2.41. The van der Waals surface area contributed by atoms with Gasteiger partial charge in [0.15, 0.2) is 0 Å². The number of Topliss-reactive ketones (excluding diaryl/α,β-unsaturated/α-hetero) is 1. The van der Waals surface area contributed by atoms with Crippen molar-refractivity contribution in [2.24, 2.45) is 5.92 Å². The SMILES string of the molecule is CC(=O)C1CC2CCCC[C@@H]2N1C. The second-order valence-electron chi connectivity index (χ2n) is 4.64. The molecule has 2 fully saturated rings. The molecule has 1 aliphatic carbocycles. The van der Waals surface area contributed by atoms with Crippen molar-refractivity contribution >= 4 is 5.78 Å². The summed E-state index contributed by atoms with van der Waals surface area (Å²) in [4.78, 5) is 13.7. The molecule has 0 radical (unpaired) electrons. The molecule has 0 amide bonds. The maximum atomic E-state index is 11.4. The Morgan fingerprint density at radius 2 is 2.00 bits per heavy atom. The molecule has 1 saturated carbocycles. The van der Waals surface area contributed by atoms with E-state index in [4.69, 9.17) is 0 Å². The minimum atomic E-state index is 0.230. The van der Waals surface area contributed by atoms with Crippen LogP contribution in [0.5, 0.6) is 0 Å². The Labute approximate surface area is 80.3 Å². The van der Waals surface area contributed by atoms with E-state index in [1.54, 1.807) is 6.92 Å². The van der Waals surface area contributed by atoms with Crippen molar-refractivity contribution in [3.8, 4) is 0 Å². The molecule has 13 heavy (non-hydrogen) atoms. The van der Waals surface area contributed by atoms with Crippen LogP contribution in [-0.4, -0.2) is 29.8 Å². The number of carbonyl (C=O) groups excluding carboxylic acids is 1. The predicted molar refractivity (Wildman–Crippen MR) is 52.6 cm³/mol. The summed E-state index contributed by atoms with van der Waals surface area (Å²) >= 11 is 0. The Hall–Kier alpha value is -0.370. The number of ketones is 1. The molecule has 2 nitrogen and oxygen atoms in total. The first-order chi connectivity index (χ1) is 6.20. The Kier molecular flexibility index (Phi) is 2.41. The summed E-state index contributed by atoms with van der Waals surface area (Å²) in [6.07, 6.45) is 6.51. The Morgan fingerprint density at radius 1 is 1.31 bits per heavy atom. The highest BCUT2D eigenvalue weighted by molar-refractivity contribution is 5.81. The van der Waals surface area contributed by atoms with E-state index in [0.29, 0.717) is 11.8 Å². The summed E-state index contributed by atoms with van der Waals surface area (Å²) in [5.41, 5.74) is 0. The number of likely N-dealkylation sites (tertiary alicyclic amines) is 1. The van der Waals surface area contributed by atoms with E-state index in [-0.39, 0.29) is 6.04 Å². The first-order valence-electron chi connectivity index (χ1n) is 5.42. The van der Waals surface area contributed by atoms with Crippen LogP contribution in [0.25, 0.3) is 0 Å². The van der Waals surface area contributed by atoms with Crippen LogP contribution in [-0.2, 0) is 4.79 Å². The van der Waals surface area contributed by atoms with Crippen molar-refractivity contribution in [3.05, 3.63) is 0 Å². The van der Waals surface area contributed by atoms with E-state index in [9.17, 15) is 4.79 Å². The van der Waals surface area contributed by atoms with E-state index < -0.39 is 0 Å². The third-order valence-electron chi connectivity index (χ3n) is 3.88. The topological polar surface area (TPSA) is 20.3 Å². The van der Waals surface area contributed by atoms with Crippen molar-refractivity contribution in [3.63, 3.8) is 0 Å². The number of carbonyl (C=O) groups is 1. The molecule has 0 aromatic heterocycles. The van der Waals surface area contributed by atoms with Gasteiger partial charge in [-0.05, 0) is 39.2 Å². The van der Waals surface area contributed by atoms with Crippen LogP contribution in [0, 0.1) is 5.92 Å². The molecule has 0 aromatic rings. The average Bonchev–Trinajstić information content (AvgIpc) is 2.45. The van der Waals surface area contributed by atoms with Gasteiger partial charge in [-0.3, -0.25) is 9.69 Å². The zero-order valence-electron chi connectivity index (χ0n) is 8.62. The molecule has 1 saturated heterocycles. The molecule has 1 heterocycles. The lowest BCUT2D eigenvalue weighted by Gasteiger charge is -2.30. The normalized spacial score (nSPS) is 40.3. The number of hydrogen-bond acceptors (Lipinski definition) is 2. The van der Waals surface area contributed by atoms with Gasteiger partial charge >= 0.3 is 0 Å². The third-order valence-corrected chi connectivity index (χ3v) is 3.88. The van der Waals surface area contributed by atoms with Gasteiger partial charge in [-0.1, -0.05) is 12.8 Å². The van der Waals surface area contributed by atoms with Gasteiger partial charge in [-0.15, -0.1) is 0 Å². The lowest BCUT2D eigenvalue weighted by Crippen LogP contribution is -2.38. The fraction of sp³-hybridized carbons (Fsp3) is 0.909. The quantitative estimate of drug-likeness (QED) is 0.615. The summed E-state index contributed by atoms with van der Waals surface area (Å²) in [5.74, 6) is 1.17. The lowest BCUT2D eigenvalue weighted by molar-refractivity contribution is -0.121. The van der Waals surface area contributed by atoms with E-state index in [2.05, 4.69) is 11.9 Å². The van der Waals surface area contributed by atoms with E-state index in [1.807, 2.05) is 0 Å². The third kappa shape index (κ3) is 1.52. The molecule has 1 aliphatic heterocycles. The van der Waals surface area contributed by atoms with Gasteiger partial charge in [0, 0.05) is 6.04 Å². The zero-order valence-corrected chi connectivity index (χ0v) is 8.62. The first kappa shape index (κ1) is 9.20. The van der Waals surface area contributed by atoms with E-state index >= 15 is 0 Å². The standard InChI is InChI=1S/C11H19NO/c1-8(13)11-7-9-5-3-4-6-10(9)12(11)2/h9-11H,3-7H2,1-2H3/t9?,10-,11?/m0/s1. The summed E-state index contributed by atoms with van der Waals surface area (Å²) in [5, 5.41) is 0. The van der Waals surface area contributed by atoms with Gasteiger partial charge in [0.2, 0.25) is 0 Å². The van der Waals surface area contributed by atoms with Gasteiger partial charge < -0.3 is 0 Å². The smallest absolute Gasteiger partial charge is 0.146 e.